The minimum absolute atomic E-state index is 0.00927. The Bertz CT molecular complexity index is 1150. The molecule has 1 amide bonds. The van der Waals surface area contributed by atoms with Crippen molar-refractivity contribution in [3.63, 3.8) is 0 Å². The third-order valence-electron chi connectivity index (χ3n) is 4.74. The number of rotatable bonds is 6. The molecule has 0 unspecified atom stereocenters. The molecule has 146 valence electrons. The second-order valence-corrected chi connectivity index (χ2v) is 8.08. The SMILES string of the molecule is Cc1cc(CSc2ccccc2C(=O)N(C)Cc2ccc3ccccc3c2)on1. The summed E-state index contributed by atoms with van der Waals surface area (Å²) in [4.78, 5) is 15.8. The Hall–Kier alpha value is -3.05. The second kappa shape index (κ2) is 8.53. The van der Waals surface area contributed by atoms with E-state index in [9.17, 15) is 4.79 Å². The molecule has 4 rings (SSSR count). The van der Waals surface area contributed by atoms with Gasteiger partial charge >= 0.3 is 0 Å². The van der Waals surface area contributed by atoms with Crippen molar-refractivity contribution in [3.05, 3.63) is 95.4 Å². The molecule has 29 heavy (non-hydrogen) atoms. The highest BCUT2D eigenvalue weighted by Gasteiger charge is 2.17. The molecule has 0 N–H and O–H groups in total. The summed E-state index contributed by atoms with van der Waals surface area (Å²) in [5, 5.41) is 6.31. The summed E-state index contributed by atoms with van der Waals surface area (Å²) < 4.78 is 5.28. The molecule has 0 saturated heterocycles. The van der Waals surface area contributed by atoms with Crippen LogP contribution in [-0.2, 0) is 12.3 Å². The van der Waals surface area contributed by atoms with Gasteiger partial charge in [0.15, 0.2) is 0 Å². The van der Waals surface area contributed by atoms with Gasteiger partial charge in [0.05, 0.1) is 17.0 Å². The molecule has 1 heterocycles. The predicted molar refractivity (Wildman–Crippen MR) is 117 cm³/mol. The Balaban J connectivity index is 1.49. The highest BCUT2D eigenvalue weighted by atomic mass is 32.2. The molecule has 0 atom stereocenters. The molecule has 0 bridgehead atoms. The van der Waals surface area contributed by atoms with E-state index in [-0.39, 0.29) is 5.91 Å². The van der Waals surface area contributed by atoms with Crippen LogP contribution in [0.1, 0.15) is 27.4 Å². The summed E-state index contributed by atoms with van der Waals surface area (Å²) >= 11 is 1.59. The minimum Gasteiger partial charge on any atom is -0.360 e. The fraction of sp³-hybridized carbons (Fsp3) is 0.167. The number of amides is 1. The van der Waals surface area contributed by atoms with Gasteiger partial charge in [-0.3, -0.25) is 4.79 Å². The van der Waals surface area contributed by atoms with Crippen LogP contribution in [0.3, 0.4) is 0 Å². The van der Waals surface area contributed by atoms with Crippen LogP contribution in [0.2, 0.25) is 0 Å². The van der Waals surface area contributed by atoms with Crippen molar-refractivity contribution in [2.45, 2.75) is 24.1 Å². The standard InChI is InChI=1S/C24H22N2O2S/c1-17-13-21(28-25-17)16-29-23-10-6-5-9-22(23)24(27)26(2)15-18-11-12-19-7-3-4-8-20(19)14-18/h3-14H,15-16H2,1-2H3. The number of aryl methyl sites for hydroxylation is 1. The van der Waals surface area contributed by atoms with Gasteiger partial charge < -0.3 is 9.42 Å². The summed E-state index contributed by atoms with van der Waals surface area (Å²) in [5.41, 5.74) is 2.68. The monoisotopic (exact) mass is 402 g/mol. The van der Waals surface area contributed by atoms with E-state index in [0.717, 1.165) is 21.9 Å². The Morgan fingerprint density at radius 1 is 1.00 bits per heavy atom. The summed E-state index contributed by atoms with van der Waals surface area (Å²) in [5.74, 6) is 1.45. The Labute approximate surface area is 174 Å². The van der Waals surface area contributed by atoms with Gasteiger partial charge in [-0.05, 0) is 41.5 Å². The quantitative estimate of drug-likeness (QED) is 0.388. The fourth-order valence-corrected chi connectivity index (χ4v) is 4.21. The van der Waals surface area contributed by atoms with E-state index in [4.69, 9.17) is 4.52 Å². The van der Waals surface area contributed by atoms with E-state index < -0.39 is 0 Å². The predicted octanol–water partition coefficient (Wildman–Crippen LogP) is 5.70. The van der Waals surface area contributed by atoms with Crippen LogP contribution >= 0.6 is 11.8 Å². The fourth-order valence-electron chi connectivity index (χ4n) is 3.29. The van der Waals surface area contributed by atoms with E-state index in [1.54, 1.807) is 16.7 Å². The number of benzene rings is 3. The Kier molecular flexibility index (Phi) is 5.67. The Morgan fingerprint density at radius 3 is 2.55 bits per heavy atom. The van der Waals surface area contributed by atoms with E-state index >= 15 is 0 Å². The lowest BCUT2D eigenvalue weighted by atomic mass is 10.1. The lowest BCUT2D eigenvalue weighted by Crippen LogP contribution is -2.26. The first-order chi connectivity index (χ1) is 14.1. The minimum atomic E-state index is 0.00927. The number of fused-ring (bicyclic) bond motifs is 1. The zero-order chi connectivity index (χ0) is 20.2. The normalized spacial score (nSPS) is 11.0. The molecule has 0 radical (unpaired) electrons. The van der Waals surface area contributed by atoms with Crippen LogP contribution in [0.15, 0.2) is 82.2 Å². The number of thioether (sulfide) groups is 1. The smallest absolute Gasteiger partial charge is 0.255 e. The van der Waals surface area contributed by atoms with Gasteiger partial charge in [-0.2, -0.15) is 0 Å². The van der Waals surface area contributed by atoms with Crippen LogP contribution in [0.4, 0.5) is 0 Å². The van der Waals surface area contributed by atoms with Crippen LogP contribution in [0, 0.1) is 6.92 Å². The van der Waals surface area contributed by atoms with Crippen LogP contribution in [0.5, 0.6) is 0 Å². The maximum atomic E-state index is 13.1. The molecule has 3 aromatic carbocycles. The summed E-state index contributed by atoms with van der Waals surface area (Å²) in [6, 6.07) is 24.2. The molecule has 5 heteroatoms. The third-order valence-corrected chi connectivity index (χ3v) is 5.84. The van der Waals surface area contributed by atoms with Crippen molar-refractivity contribution in [1.29, 1.82) is 0 Å². The van der Waals surface area contributed by atoms with Gasteiger partial charge in [-0.25, -0.2) is 0 Å². The average molecular weight is 403 g/mol. The van der Waals surface area contributed by atoms with Gasteiger partial charge in [0, 0.05) is 24.6 Å². The number of hydrogen-bond acceptors (Lipinski definition) is 4. The van der Waals surface area contributed by atoms with Gasteiger partial charge in [-0.15, -0.1) is 11.8 Å². The molecular weight excluding hydrogens is 380 g/mol. The third kappa shape index (κ3) is 4.51. The molecule has 0 aliphatic rings. The summed E-state index contributed by atoms with van der Waals surface area (Å²) in [6.45, 7) is 2.46. The van der Waals surface area contributed by atoms with E-state index in [1.807, 2.05) is 56.4 Å². The highest BCUT2D eigenvalue weighted by molar-refractivity contribution is 7.98. The van der Waals surface area contributed by atoms with E-state index in [0.29, 0.717) is 17.9 Å². The van der Waals surface area contributed by atoms with Gasteiger partial charge in [0.2, 0.25) is 0 Å². The van der Waals surface area contributed by atoms with Gasteiger partial charge in [-0.1, -0.05) is 53.7 Å². The zero-order valence-corrected chi connectivity index (χ0v) is 17.3. The summed E-state index contributed by atoms with van der Waals surface area (Å²) in [6.07, 6.45) is 0. The maximum absolute atomic E-state index is 13.1. The van der Waals surface area contributed by atoms with Gasteiger partial charge in [0.25, 0.3) is 5.91 Å². The molecule has 0 saturated carbocycles. The highest BCUT2D eigenvalue weighted by Crippen LogP contribution is 2.28. The molecule has 4 aromatic rings. The number of hydrogen-bond donors (Lipinski definition) is 0. The van der Waals surface area contributed by atoms with E-state index in [2.05, 4.69) is 35.5 Å². The molecule has 0 aliphatic carbocycles. The molecule has 0 spiro atoms. The number of carbonyl (C=O) groups is 1. The van der Waals surface area contributed by atoms with Crippen molar-refractivity contribution in [2.24, 2.45) is 0 Å². The lowest BCUT2D eigenvalue weighted by Gasteiger charge is -2.19. The maximum Gasteiger partial charge on any atom is 0.255 e. The first-order valence-electron chi connectivity index (χ1n) is 9.47. The lowest BCUT2D eigenvalue weighted by molar-refractivity contribution is 0.0781. The number of carbonyl (C=O) groups excluding carboxylic acids is 1. The molecular formula is C24H22N2O2S. The van der Waals surface area contributed by atoms with Crippen molar-refractivity contribution in [3.8, 4) is 0 Å². The second-order valence-electron chi connectivity index (χ2n) is 7.06. The van der Waals surface area contributed by atoms with E-state index in [1.165, 1.54) is 10.8 Å². The number of nitrogens with zero attached hydrogens (tertiary/aromatic N) is 2. The zero-order valence-electron chi connectivity index (χ0n) is 16.5. The topological polar surface area (TPSA) is 46.3 Å². The van der Waals surface area contributed by atoms with Crippen molar-refractivity contribution in [1.82, 2.24) is 10.1 Å². The first-order valence-corrected chi connectivity index (χ1v) is 10.5. The largest absolute Gasteiger partial charge is 0.360 e. The Morgan fingerprint density at radius 2 is 1.76 bits per heavy atom. The van der Waals surface area contributed by atoms with Crippen LogP contribution in [0.25, 0.3) is 10.8 Å². The average Bonchev–Trinajstić information content (AvgIpc) is 3.17. The first kappa shape index (κ1) is 19.3. The van der Waals surface area contributed by atoms with Gasteiger partial charge in [0.1, 0.15) is 5.76 Å². The van der Waals surface area contributed by atoms with Crippen molar-refractivity contribution in [2.75, 3.05) is 7.05 Å². The van der Waals surface area contributed by atoms with Crippen LogP contribution < -0.4 is 0 Å². The van der Waals surface area contributed by atoms with Crippen molar-refractivity contribution < 1.29 is 9.32 Å². The molecule has 4 nitrogen and oxygen atoms in total. The molecule has 0 aliphatic heterocycles. The summed E-state index contributed by atoms with van der Waals surface area (Å²) in [7, 11) is 1.85. The molecule has 0 fully saturated rings. The van der Waals surface area contributed by atoms with Crippen LogP contribution in [-0.4, -0.2) is 23.0 Å². The number of aromatic nitrogens is 1. The molecule has 1 aromatic heterocycles. The van der Waals surface area contributed by atoms with Crippen molar-refractivity contribution >= 4 is 28.4 Å².